The fourth-order valence-electron chi connectivity index (χ4n) is 7.66. The number of hydrogen-bond donors (Lipinski definition) is 1. The van der Waals surface area contributed by atoms with Gasteiger partial charge in [0.05, 0.1) is 29.2 Å². The summed E-state index contributed by atoms with van der Waals surface area (Å²) in [5.41, 5.74) is 3.72. The molecule has 2 unspecified atom stereocenters. The number of thioether (sulfide) groups is 1. The van der Waals surface area contributed by atoms with Crippen LogP contribution in [0, 0.1) is 25.7 Å². The molecule has 6 atom stereocenters. The van der Waals surface area contributed by atoms with Gasteiger partial charge in [0.2, 0.25) is 11.8 Å². The van der Waals surface area contributed by atoms with E-state index in [-0.39, 0.29) is 30.9 Å². The predicted octanol–water partition coefficient (Wildman–Crippen LogP) is 4.55. The van der Waals surface area contributed by atoms with Gasteiger partial charge in [0.25, 0.3) is 5.91 Å². The molecule has 1 N–H and O–H groups in total. The molecule has 3 heterocycles. The van der Waals surface area contributed by atoms with Crippen molar-refractivity contribution < 1.29 is 19.5 Å². The van der Waals surface area contributed by atoms with Crippen molar-refractivity contribution in [3.05, 3.63) is 90.5 Å². The van der Waals surface area contributed by atoms with E-state index < -0.39 is 33.4 Å². The molecular formula is C35H43N3O4S. The molecule has 0 aliphatic carbocycles. The van der Waals surface area contributed by atoms with Gasteiger partial charge in [0.15, 0.2) is 0 Å². The van der Waals surface area contributed by atoms with Crippen molar-refractivity contribution in [3.8, 4) is 0 Å². The molecule has 0 saturated carbocycles. The van der Waals surface area contributed by atoms with Crippen molar-refractivity contribution in [2.75, 3.05) is 31.6 Å². The molecule has 3 amide bonds. The number of benzene rings is 2. The highest BCUT2D eigenvalue weighted by molar-refractivity contribution is 8.02. The molecule has 3 aliphatic heterocycles. The standard InChI is InChI=1S/C35H43N3O4S/c1-7-18-36(6)31(40)28-29-32(41)38(26(22-39)21-25-12-10-9-11-13-25)30(35(29)17-16-34(28,5)43-35)33(42)37(19-8-2)27-20-23(3)14-15-24(27)4/h7-15,20,26,28-30,39H,1-2,16-19,21-22H2,3-6H3/t26-,28+,29+,30?,34-,35?/m1/s1. The second-order valence-electron chi connectivity index (χ2n) is 12.5. The molecular weight excluding hydrogens is 558 g/mol. The fraction of sp³-hybridized carbons (Fsp3) is 0.457. The number of carbonyl (C=O) groups excluding carboxylic acids is 3. The summed E-state index contributed by atoms with van der Waals surface area (Å²) in [6.45, 7) is 14.1. The summed E-state index contributed by atoms with van der Waals surface area (Å²) in [6.07, 6.45) is 5.16. The number of aryl methyl sites for hydroxylation is 2. The Morgan fingerprint density at radius 3 is 2.44 bits per heavy atom. The van der Waals surface area contributed by atoms with E-state index in [9.17, 15) is 14.7 Å². The van der Waals surface area contributed by atoms with Gasteiger partial charge >= 0.3 is 0 Å². The van der Waals surface area contributed by atoms with Crippen LogP contribution in [0.4, 0.5) is 5.69 Å². The van der Waals surface area contributed by atoms with Crippen LogP contribution in [0.2, 0.25) is 0 Å². The van der Waals surface area contributed by atoms with Gasteiger partial charge in [-0.1, -0.05) is 54.6 Å². The van der Waals surface area contributed by atoms with Crippen LogP contribution in [0.25, 0.3) is 0 Å². The first-order valence-corrected chi connectivity index (χ1v) is 15.9. The maximum absolute atomic E-state index is 15.1. The number of hydrogen-bond acceptors (Lipinski definition) is 5. The summed E-state index contributed by atoms with van der Waals surface area (Å²) >= 11 is 1.65. The van der Waals surface area contributed by atoms with Crippen molar-refractivity contribution in [1.29, 1.82) is 0 Å². The second-order valence-corrected chi connectivity index (χ2v) is 14.4. The zero-order valence-electron chi connectivity index (χ0n) is 25.7. The normalized spacial score (nSPS) is 28.0. The summed E-state index contributed by atoms with van der Waals surface area (Å²) in [4.78, 5) is 48.9. The lowest BCUT2D eigenvalue weighted by atomic mass is 9.66. The van der Waals surface area contributed by atoms with E-state index in [1.807, 2.05) is 62.4 Å². The number of carbonyl (C=O) groups is 3. The van der Waals surface area contributed by atoms with E-state index in [4.69, 9.17) is 0 Å². The molecule has 2 aromatic carbocycles. The highest BCUT2D eigenvalue weighted by Gasteiger charge is 2.78. The lowest BCUT2D eigenvalue weighted by Crippen LogP contribution is -2.58. The number of anilines is 1. The van der Waals surface area contributed by atoms with E-state index >= 15 is 4.79 Å². The highest BCUT2D eigenvalue weighted by Crippen LogP contribution is 2.72. The molecule has 3 fully saturated rings. The van der Waals surface area contributed by atoms with Crippen LogP contribution in [-0.4, -0.2) is 80.9 Å². The Morgan fingerprint density at radius 1 is 1.09 bits per heavy atom. The van der Waals surface area contributed by atoms with Gasteiger partial charge < -0.3 is 19.8 Å². The van der Waals surface area contributed by atoms with Crippen LogP contribution in [0.3, 0.4) is 0 Å². The topological polar surface area (TPSA) is 81.2 Å². The lowest BCUT2D eigenvalue weighted by molar-refractivity contribution is -0.145. The van der Waals surface area contributed by atoms with E-state index in [1.54, 1.807) is 45.7 Å². The lowest BCUT2D eigenvalue weighted by Gasteiger charge is -2.40. The van der Waals surface area contributed by atoms with E-state index in [2.05, 4.69) is 20.1 Å². The third-order valence-corrected chi connectivity index (χ3v) is 11.6. The molecule has 0 aromatic heterocycles. The Morgan fingerprint density at radius 2 is 1.79 bits per heavy atom. The summed E-state index contributed by atoms with van der Waals surface area (Å²) < 4.78 is -1.27. The van der Waals surface area contributed by atoms with Gasteiger partial charge in [-0.15, -0.1) is 24.9 Å². The Hall–Kier alpha value is -3.36. The summed E-state index contributed by atoms with van der Waals surface area (Å²) in [5.74, 6) is -1.74. The fourth-order valence-corrected chi connectivity index (χ4v) is 9.99. The minimum absolute atomic E-state index is 0.0936. The number of amides is 3. The Bertz CT molecular complexity index is 1430. The average Bonchev–Trinajstić information content (AvgIpc) is 3.56. The molecule has 2 aromatic rings. The molecule has 0 radical (unpaired) electrons. The number of likely N-dealkylation sites (tertiary alicyclic amines) is 1. The molecule has 43 heavy (non-hydrogen) atoms. The molecule has 7 nitrogen and oxygen atoms in total. The SMILES string of the molecule is C=CCN(C)C(=O)[C@@H]1[C@H]2C(=O)N([C@@H](CO)Cc3ccccc3)C(C(=O)N(CC=C)c3cc(C)ccc3C)C23CC[C@@]1(C)S3. The third-order valence-electron chi connectivity index (χ3n) is 9.65. The predicted molar refractivity (Wildman–Crippen MR) is 173 cm³/mol. The molecule has 2 bridgehead atoms. The van der Waals surface area contributed by atoms with Crippen LogP contribution >= 0.6 is 11.8 Å². The number of aliphatic hydroxyl groups excluding tert-OH is 1. The summed E-state index contributed by atoms with van der Waals surface area (Å²) in [6, 6.07) is 14.3. The number of aliphatic hydroxyl groups is 1. The van der Waals surface area contributed by atoms with Gasteiger partial charge in [-0.25, -0.2) is 0 Å². The maximum atomic E-state index is 15.1. The van der Waals surface area contributed by atoms with Crippen LogP contribution in [-0.2, 0) is 20.8 Å². The monoisotopic (exact) mass is 601 g/mol. The van der Waals surface area contributed by atoms with Gasteiger partial charge in [-0.05, 0) is 62.8 Å². The smallest absolute Gasteiger partial charge is 0.251 e. The molecule has 8 heteroatoms. The molecule has 5 rings (SSSR count). The van der Waals surface area contributed by atoms with Crippen LogP contribution in [0.5, 0.6) is 0 Å². The minimum atomic E-state index is -0.847. The number of likely N-dealkylation sites (N-methyl/N-ethyl adjacent to an activating group) is 1. The molecule has 228 valence electrons. The third kappa shape index (κ3) is 5.12. The van der Waals surface area contributed by atoms with Crippen molar-refractivity contribution in [1.82, 2.24) is 9.80 Å². The van der Waals surface area contributed by atoms with Crippen LogP contribution in [0.15, 0.2) is 73.8 Å². The number of fused-ring (bicyclic) bond motifs is 1. The first-order chi connectivity index (χ1) is 20.5. The summed E-state index contributed by atoms with van der Waals surface area (Å²) in [5, 5.41) is 10.8. The Balaban J connectivity index is 1.65. The minimum Gasteiger partial charge on any atom is -0.394 e. The average molecular weight is 602 g/mol. The van der Waals surface area contributed by atoms with Crippen LogP contribution < -0.4 is 4.90 Å². The van der Waals surface area contributed by atoms with Gasteiger partial charge in [0, 0.05) is 30.6 Å². The maximum Gasteiger partial charge on any atom is 0.251 e. The Labute approximate surface area is 259 Å². The van der Waals surface area contributed by atoms with Crippen molar-refractivity contribution in [3.63, 3.8) is 0 Å². The van der Waals surface area contributed by atoms with E-state index in [0.717, 1.165) is 28.8 Å². The zero-order valence-corrected chi connectivity index (χ0v) is 26.5. The van der Waals surface area contributed by atoms with Crippen LogP contribution in [0.1, 0.15) is 36.5 Å². The quantitative estimate of drug-likeness (QED) is 0.383. The van der Waals surface area contributed by atoms with Gasteiger partial charge in [0.1, 0.15) is 6.04 Å². The van der Waals surface area contributed by atoms with Gasteiger partial charge in [-0.3, -0.25) is 14.4 Å². The molecule has 3 aliphatic rings. The van der Waals surface area contributed by atoms with E-state index in [0.29, 0.717) is 19.4 Å². The molecule has 3 saturated heterocycles. The summed E-state index contributed by atoms with van der Waals surface area (Å²) in [7, 11) is 1.74. The molecule has 1 spiro atoms. The van der Waals surface area contributed by atoms with Crippen molar-refractivity contribution in [2.24, 2.45) is 11.8 Å². The van der Waals surface area contributed by atoms with Crippen molar-refractivity contribution >= 4 is 35.2 Å². The van der Waals surface area contributed by atoms with Gasteiger partial charge in [-0.2, -0.15) is 0 Å². The zero-order chi connectivity index (χ0) is 31.1. The first kappa shape index (κ1) is 31.1. The van der Waals surface area contributed by atoms with Crippen molar-refractivity contribution in [2.45, 2.75) is 61.6 Å². The van der Waals surface area contributed by atoms with E-state index in [1.165, 1.54) is 0 Å². The number of rotatable bonds is 11. The number of nitrogens with zero attached hydrogens (tertiary/aromatic N) is 3. The highest BCUT2D eigenvalue weighted by atomic mass is 32.2. The Kier molecular flexibility index (Phi) is 8.65. The first-order valence-electron chi connectivity index (χ1n) is 15.1. The second kappa shape index (κ2) is 12.0. The largest absolute Gasteiger partial charge is 0.394 e.